The highest BCUT2D eigenvalue weighted by Gasteiger charge is 2.27. The molecule has 1 atom stereocenters. The van der Waals surface area contributed by atoms with Crippen LogP contribution in [-0.4, -0.2) is 10.7 Å². The summed E-state index contributed by atoms with van der Waals surface area (Å²) in [5.41, 5.74) is 9.07. The standard InChI is InChI=1S/C30H45ClO/c1-21(2)13-10-14-22(3)15-11-16-23(4)17-12-19-30(9,31)20-18-28-26(7)24(5)25(6)27(8)29(28)32/h13,15,17H,5,10-12,14,16,18-20H2,1-4,6-9H3/b22-15+,23-17+. The molecule has 0 aromatic heterocycles. The van der Waals surface area contributed by atoms with Crippen LogP contribution in [0.3, 0.4) is 0 Å². The summed E-state index contributed by atoms with van der Waals surface area (Å²) in [6.45, 7) is 20.9. The Balaban J connectivity index is 2.49. The molecule has 0 N–H and O–H groups in total. The highest BCUT2D eigenvalue weighted by Crippen LogP contribution is 2.36. The molecule has 178 valence electrons. The Morgan fingerprint density at radius 2 is 1.38 bits per heavy atom. The predicted molar refractivity (Wildman–Crippen MR) is 143 cm³/mol. The Bertz CT molecular complexity index is 851. The molecule has 0 saturated heterocycles. The summed E-state index contributed by atoms with van der Waals surface area (Å²) in [5.74, 6) is 0.166. The number of carbonyl (C=O) groups is 1. The van der Waals surface area contributed by atoms with Crippen LogP contribution < -0.4 is 0 Å². The van der Waals surface area contributed by atoms with Crippen molar-refractivity contribution in [2.75, 3.05) is 0 Å². The van der Waals surface area contributed by atoms with Crippen LogP contribution in [0.4, 0.5) is 0 Å². The number of hydrogen-bond donors (Lipinski definition) is 0. The van der Waals surface area contributed by atoms with Gasteiger partial charge in [0, 0.05) is 16.0 Å². The molecule has 32 heavy (non-hydrogen) atoms. The molecule has 1 rings (SSSR count). The lowest BCUT2D eigenvalue weighted by Gasteiger charge is -2.26. The van der Waals surface area contributed by atoms with E-state index in [4.69, 9.17) is 11.6 Å². The van der Waals surface area contributed by atoms with E-state index in [1.54, 1.807) is 0 Å². The number of carbonyl (C=O) groups excluding carboxylic acids is 1. The topological polar surface area (TPSA) is 17.1 Å². The first kappa shape index (κ1) is 28.4. The van der Waals surface area contributed by atoms with Crippen LogP contribution in [-0.2, 0) is 4.79 Å². The molecule has 0 amide bonds. The fourth-order valence-electron chi connectivity index (χ4n) is 4.03. The van der Waals surface area contributed by atoms with E-state index >= 15 is 0 Å². The van der Waals surface area contributed by atoms with Crippen molar-refractivity contribution >= 4 is 17.4 Å². The Hall–Kier alpha value is -1.60. The van der Waals surface area contributed by atoms with Crippen molar-refractivity contribution in [3.8, 4) is 0 Å². The number of Topliss-reactive ketones (excluding diaryl/α,β-unsaturated/α-hetero) is 1. The number of ketones is 1. The molecule has 0 fully saturated rings. The quantitative estimate of drug-likeness (QED) is 0.211. The molecule has 2 heteroatoms. The number of alkyl halides is 1. The van der Waals surface area contributed by atoms with Crippen LogP contribution in [0, 0.1) is 0 Å². The van der Waals surface area contributed by atoms with Gasteiger partial charge in [0.05, 0.1) is 0 Å². The van der Waals surface area contributed by atoms with Crippen LogP contribution >= 0.6 is 11.6 Å². The van der Waals surface area contributed by atoms with Gasteiger partial charge >= 0.3 is 0 Å². The van der Waals surface area contributed by atoms with Gasteiger partial charge in [0.25, 0.3) is 0 Å². The normalized spacial score (nSPS) is 17.8. The highest BCUT2D eigenvalue weighted by molar-refractivity contribution is 6.23. The van der Waals surface area contributed by atoms with Crippen molar-refractivity contribution in [1.82, 2.24) is 0 Å². The third-order valence-electron chi connectivity index (χ3n) is 6.71. The van der Waals surface area contributed by atoms with Gasteiger partial charge in [-0.25, -0.2) is 0 Å². The molecular formula is C30H45ClO. The minimum absolute atomic E-state index is 0.166. The third kappa shape index (κ3) is 9.49. The molecule has 0 spiro atoms. The van der Waals surface area contributed by atoms with E-state index < -0.39 is 0 Å². The molecule has 1 nitrogen and oxygen atoms in total. The van der Waals surface area contributed by atoms with E-state index in [2.05, 4.69) is 59.4 Å². The summed E-state index contributed by atoms with van der Waals surface area (Å²) in [6, 6.07) is 0. The zero-order valence-electron chi connectivity index (χ0n) is 21.9. The highest BCUT2D eigenvalue weighted by atomic mass is 35.5. The number of hydrogen-bond acceptors (Lipinski definition) is 1. The maximum Gasteiger partial charge on any atom is 0.185 e. The number of rotatable bonds is 12. The summed E-state index contributed by atoms with van der Waals surface area (Å²) < 4.78 is 0. The van der Waals surface area contributed by atoms with Crippen LogP contribution in [0.2, 0.25) is 0 Å². The molecule has 1 aliphatic carbocycles. The zero-order chi connectivity index (χ0) is 24.5. The second kappa shape index (κ2) is 13.2. The van der Waals surface area contributed by atoms with Gasteiger partial charge < -0.3 is 0 Å². The smallest absolute Gasteiger partial charge is 0.185 e. The second-order valence-corrected chi connectivity index (χ2v) is 11.0. The number of allylic oxidation sites excluding steroid dienone is 11. The van der Waals surface area contributed by atoms with E-state index in [0.29, 0.717) is 6.42 Å². The Labute approximate surface area is 203 Å². The fraction of sp³-hybridized carbons (Fsp3) is 0.567. The average Bonchev–Trinajstić information content (AvgIpc) is 2.70. The molecule has 1 aliphatic rings. The van der Waals surface area contributed by atoms with Gasteiger partial charge in [0.15, 0.2) is 5.78 Å². The summed E-state index contributed by atoms with van der Waals surface area (Å²) in [7, 11) is 0. The lowest BCUT2D eigenvalue weighted by molar-refractivity contribution is -0.112. The monoisotopic (exact) mass is 456 g/mol. The summed E-state index contributed by atoms with van der Waals surface area (Å²) in [5, 5.41) is 0. The van der Waals surface area contributed by atoms with E-state index in [1.807, 2.05) is 20.8 Å². The van der Waals surface area contributed by atoms with E-state index in [9.17, 15) is 4.79 Å². The van der Waals surface area contributed by atoms with Gasteiger partial charge in [-0.15, -0.1) is 11.6 Å². The third-order valence-corrected chi connectivity index (χ3v) is 7.09. The van der Waals surface area contributed by atoms with E-state index in [1.165, 1.54) is 16.7 Å². The number of halogens is 1. The Morgan fingerprint density at radius 1 is 0.844 bits per heavy atom. The molecule has 0 bridgehead atoms. The average molecular weight is 457 g/mol. The molecule has 0 aliphatic heterocycles. The predicted octanol–water partition coefficient (Wildman–Crippen LogP) is 9.76. The zero-order valence-corrected chi connectivity index (χ0v) is 22.6. The Morgan fingerprint density at radius 3 is 1.94 bits per heavy atom. The second-order valence-electron chi connectivity index (χ2n) is 10.1. The maximum atomic E-state index is 12.7. The van der Waals surface area contributed by atoms with Crippen molar-refractivity contribution in [3.63, 3.8) is 0 Å². The molecule has 0 saturated carbocycles. The van der Waals surface area contributed by atoms with E-state index in [-0.39, 0.29) is 10.7 Å². The van der Waals surface area contributed by atoms with Gasteiger partial charge in [-0.05, 0) is 123 Å². The Kier molecular flexibility index (Phi) is 11.7. The minimum atomic E-state index is -0.308. The SMILES string of the molecule is C=C1C(C)=C(C)C(=O)C(CCC(C)(Cl)CC/C=C(\C)CC/C=C(\C)CCC=C(C)C)=C1C. The molecule has 0 aromatic rings. The molecular weight excluding hydrogens is 412 g/mol. The summed E-state index contributed by atoms with van der Waals surface area (Å²) in [4.78, 5) is 12.4. The van der Waals surface area contributed by atoms with Crippen LogP contribution in [0.25, 0.3) is 0 Å². The van der Waals surface area contributed by atoms with Gasteiger partial charge in [-0.1, -0.05) is 41.5 Å². The first-order valence-corrected chi connectivity index (χ1v) is 12.5. The van der Waals surface area contributed by atoms with Crippen molar-refractivity contribution in [2.45, 2.75) is 112 Å². The first-order chi connectivity index (χ1) is 14.9. The molecule has 1 unspecified atom stereocenters. The lowest BCUT2D eigenvalue weighted by atomic mass is 9.81. The van der Waals surface area contributed by atoms with Gasteiger partial charge in [-0.2, -0.15) is 0 Å². The van der Waals surface area contributed by atoms with Crippen LogP contribution in [0.15, 0.2) is 69.4 Å². The van der Waals surface area contributed by atoms with Gasteiger partial charge in [-0.3, -0.25) is 4.79 Å². The van der Waals surface area contributed by atoms with Crippen molar-refractivity contribution in [1.29, 1.82) is 0 Å². The lowest BCUT2D eigenvalue weighted by Crippen LogP contribution is -2.20. The van der Waals surface area contributed by atoms with Crippen molar-refractivity contribution < 1.29 is 4.79 Å². The largest absolute Gasteiger partial charge is 0.289 e. The van der Waals surface area contributed by atoms with E-state index in [0.717, 1.165) is 72.8 Å². The minimum Gasteiger partial charge on any atom is -0.289 e. The summed E-state index contributed by atoms with van der Waals surface area (Å²) in [6.07, 6.45) is 14.9. The maximum absolute atomic E-state index is 12.7. The molecule has 0 aromatic carbocycles. The van der Waals surface area contributed by atoms with Crippen LogP contribution in [0.1, 0.15) is 107 Å². The first-order valence-electron chi connectivity index (χ1n) is 12.1. The van der Waals surface area contributed by atoms with Crippen LogP contribution in [0.5, 0.6) is 0 Å². The molecule has 0 radical (unpaired) electrons. The van der Waals surface area contributed by atoms with Crippen molar-refractivity contribution in [3.05, 3.63) is 69.4 Å². The fourth-order valence-corrected chi connectivity index (χ4v) is 4.23. The van der Waals surface area contributed by atoms with Crippen molar-refractivity contribution in [2.24, 2.45) is 0 Å². The summed E-state index contributed by atoms with van der Waals surface area (Å²) >= 11 is 6.84. The van der Waals surface area contributed by atoms with Gasteiger partial charge in [0.2, 0.25) is 0 Å². The van der Waals surface area contributed by atoms with Gasteiger partial charge in [0.1, 0.15) is 0 Å². The molecule has 0 heterocycles.